The number of nitrogens with zero attached hydrogens (tertiary/aromatic N) is 1. The fraction of sp³-hybridized carbons (Fsp3) is 0.562. The molecule has 106 valence electrons. The summed E-state index contributed by atoms with van der Waals surface area (Å²) < 4.78 is 5.43. The summed E-state index contributed by atoms with van der Waals surface area (Å²) in [4.78, 5) is 14.3. The van der Waals surface area contributed by atoms with Crippen LogP contribution in [0.5, 0.6) is 0 Å². The maximum atomic E-state index is 12.3. The molecule has 3 heteroatoms. The Balaban J connectivity index is 2.79. The fourth-order valence-corrected chi connectivity index (χ4v) is 2.04. The lowest BCUT2D eigenvalue weighted by Crippen LogP contribution is -2.43. The van der Waals surface area contributed by atoms with Crippen LogP contribution in [0.2, 0.25) is 0 Å². The van der Waals surface area contributed by atoms with Crippen LogP contribution in [0, 0.1) is 6.92 Å². The minimum Gasteiger partial charge on any atom is -0.462 e. The van der Waals surface area contributed by atoms with Gasteiger partial charge in [-0.25, -0.2) is 0 Å². The van der Waals surface area contributed by atoms with E-state index in [-0.39, 0.29) is 18.0 Å². The van der Waals surface area contributed by atoms with Crippen LogP contribution in [-0.2, 0) is 4.79 Å². The van der Waals surface area contributed by atoms with Crippen molar-refractivity contribution in [3.8, 4) is 0 Å². The van der Waals surface area contributed by atoms with E-state index in [0.29, 0.717) is 0 Å². The maximum absolute atomic E-state index is 12.3. The molecule has 0 spiro atoms. The molecule has 0 fully saturated rings. The smallest absolute Gasteiger partial charge is 0.247 e. The summed E-state index contributed by atoms with van der Waals surface area (Å²) >= 11 is 0. The summed E-state index contributed by atoms with van der Waals surface area (Å²) in [6.07, 6.45) is 5.28. The number of hydrogen-bond acceptors (Lipinski definition) is 2. The highest BCUT2D eigenvalue weighted by atomic mass is 16.3. The van der Waals surface area contributed by atoms with Crippen molar-refractivity contribution in [2.45, 2.75) is 59.5 Å². The first-order chi connectivity index (χ1) is 8.99. The molecule has 0 aromatic carbocycles. The molecule has 0 aliphatic heterocycles. The Bertz CT molecular complexity index is 424. The number of furan rings is 1. The van der Waals surface area contributed by atoms with Crippen LogP contribution in [0.15, 0.2) is 22.6 Å². The summed E-state index contributed by atoms with van der Waals surface area (Å²) in [5.74, 6) is 1.63. The number of rotatable bonds is 6. The first kappa shape index (κ1) is 15.5. The number of carbonyl (C=O) groups is 1. The number of aryl methyl sites for hydroxylation is 1. The van der Waals surface area contributed by atoms with Gasteiger partial charge in [-0.3, -0.25) is 4.79 Å². The van der Waals surface area contributed by atoms with Gasteiger partial charge < -0.3 is 9.32 Å². The van der Waals surface area contributed by atoms with Gasteiger partial charge in [0.15, 0.2) is 0 Å². The fourth-order valence-electron chi connectivity index (χ4n) is 2.04. The quantitative estimate of drug-likeness (QED) is 0.726. The molecule has 1 amide bonds. The minimum atomic E-state index is 0.0535. The molecular weight excluding hydrogens is 238 g/mol. The highest BCUT2D eigenvalue weighted by molar-refractivity contribution is 5.91. The van der Waals surface area contributed by atoms with E-state index in [1.54, 1.807) is 12.2 Å². The van der Waals surface area contributed by atoms with Gasteiger partial charge in [-0.05, 0) is 51.8 Å². The lowest BCUT2D eigenvalue weighted by Gasteiger charge is -2.33. The minimum absolute atomic E-state index is 0.0535. The van der Waals surface area contributed by atoms with Gasteiger partial charge in [0.05, 0.1) is 0 Å². The van der Waals surface area contributed by atoms with Crippen LogP contribution in [0.1, 0.15) is 52.1 Å². The highest BCUT2D eigenvalue weighted by Crippen LogP contribution is 2.14. The summed E-state index contributed by atoms with van der Waals surface area (Å²) in [6.45, 7) is 10.3. The van der Waals surface area contributed by atoms with Crippen molar-refractivity contribution in [3.05, 3.63) is 29.7 Å². The Morgan fingerprint density at radius 2 is 1.84 bits per heavy atom. The summed E-state index contributed by atoms with van der Waals surface area (Å²) in [5.41, 5.74) is 0. The molecule has 0 bridgehead atoms. The van der Waals surface area contributed by atoms with Crippen molar-refractivity contribution < 1.29 is 9.21 Å². The molecule has 0 saturated heterocycles. The Morgan fingerprint density at radius 1 is 1.26 bits per heavy atom. The molecule has 2 unspecified atom stereocenters. The zero-order valence-electron chi connectivity index (χ0n) is 12.6. The van der Waals surface area contributed by atoms with Gasteiger partial charge in [0.1, 0.15) is 11.5 Å². The normalized spacial score (nSPS) is 14.6. The van der Waals surface area contributed by atoms with Crippen molar-refractivity contribution in [3.63, 3.8) is 0 Å². The molecule has 0 radical (unpaired) electrons. The Morgan fingerprint density at radius 3 is 2.26 bits per heavy atom. The van der Waals surface area contributed by atoms with Crippen molar-refractivity contribution in [1.29, 1.82) is 0 Å². The second kappa shape index (κ2) is 7.17. The molecule has 3 nitrogen and oxygen atoms in total. The average molecular weight is 263 g/mol. The van der Waals surface area contributed by atoms with Crippen LogP contribution in [0.25, 0.3) is 6.08 Å². The Labute approximate surface area is 116 Å². The molecule has 0 N–H and O–H groups in total. The SMILES string of the molecule is CCC(C)N(C(=O)/C=C/c1ccc(C)o1)C(C)CC. The molecule has 1 rings (SSSR count). The number of amides is 1. The van der Waals surface area contributed by atoms with Crippen molar-refractivity contribution in [2.75, 3.05) is 0 Å². The van der Waals surface area contributed by atoms with Gasteiger partial charge in [-0.15, -0.1) is 0 Å². The van der Waals surface area contributed by atoms with E-state index < -0.39 is 0 Å². The molecule has 0 saturated carbocycles. The monoisotopic (exact) mass is 263 g/mol. The lowest BCUT2D eigenvalue weighted by molar-refractivity contribution is -0.130. The van der Waals surface area contributed by atoms with Gasteiger partial charge in [0.2, 0.25) is 5.91 Å². The van der Waals surface area contributed by atoms with Crippen LogP contribution in [-0.4, -0.2) is 22.9 Å². The molecule has 0 aliphatic rings. The first-order valence-corrected chi connectivity index (χ1v) is 7.06. The van der Waals surface area contributed by atoms with E-state index in [1.807, 2.05) is 24.0 Å². The zero-order valence-corrected chi connectivity index (χ0v) is 12.6. The molecule has 19 heavy (non-hydrogen) atoms. The van der Waals surface area contributed by atoms with E-state index in [9.17, 15) is 4.79 Å². The lowest BCUT2D eigenvalue weighted by atomic mass is 10.1. The van der Waals surface area contributed by atoms with Crippen molar-refractivity contribution >= 4 is 12.0 Å². The average Bonchev–Trinajstić information content (AvgIpc) is 2.81. The second-order valence-corrected chi connectivity index (χ2v) is 5.04. The van der Waals surface area contributed by atoms with Crippen LogP contribution < -0.4 is 0 Å². The zero-order chi connectivity index (χ0) is 14.4. The second-order valence-electron chi connectivity index (χ2n) is 5.04. The predicted molar refractivity (Wildman–Crippen MR) is 78.8 cm³/mol. The van der Waals surface area contributed by atoms with E-state index in [2.05, 4.69) is 27.7 Å². The van der Waals surface area contributed by atoms with E-state index >= 15 is 0 Å². The molecule has 0 aliphatic carbocycles. The summed E-state index contributed by atoms with van der Waals surface area (Å²) in [6, 6.07) is 4.28. The molecule has 1 aromatic rings. The highest BCUT2D eigenvalue weighted by Gasteiger charge is 2.21. The van der Waals surface area contributed by atoms with Gasteiger partial charge in [-0.2, -0.15) is 0 Å². The Hall–Kier alpha value is -1.51. The third kappa shape index (κ3) is 4.27. The van der Waals surface area contributed by atoms with Gasteiger partial charge in [0.25, 0.3) is 0 Å². The number of hydrogen-bond donors (Lipinski definition) is 0. The van der Waals surface area contributed by atoms with Gasteiger partial charge in [0, 0.05) is 18.2 Å². The third-order valence-electron chi connectivity index (χ3n) is 3.54. The van der Waals surface area contributed by atoms with Crippen molar-refractivity contribution in [1.82, 2.24) is 4.90 Å². The first-order valence-electron chi connectivity index (χ1n) is 7.06. The Kier molecular flexibility index (Phi) is 5.87. The molecular formula is C16H25NO2. The van der Waals surface area contributed by atoms with Crippen LogP contribution >= 0.6 is 0 Å². The van der Waals surface area contributed by atoms with Gasteiger partial charge >= 0.3 is 0 Å². The molecule has 1 heterocycles. The summed E-state index contributed by atoms with van der Waals surface area (Å²) in [7, 11) is 0. The molecule has 2 atom stereocenters. The largest absolute Gasteiger partial charge is 0.462 e. The topological polar surface area (TPSA) is 33.5 Å². The van der Waals surface area contributed by atoms with Crippen LogP contribution in [0.3, 0.4) is 0 Å². The van der Waals surface area contributed by atoms with Gasteiger partial charge in [-0.1, -0.05) is 13.8 Å². The van der Waals surface area contributed by atoms with E-state index in [4.69, 9.17) is 4.42 Å². The third-order valence-corrected chi connectivity index (χ3v) is 3.54. The van der Waals surface area contributed by atoms with Crippen LogP contribution in [0.4, 0.5) is 0 Å². The van der Waals surface area contributed by atoms with E-state index in [1.165, 1.54) is 0 Å². The number of carbonyl (C=O) groups excluding carboxylic acids is 1. The van der Waals surface area contributed by atoms with E-state index in [0.717, 1.165) is 24.4 Å². The predicted octanol–water partition coefficient (Wildman–Crippen LogP) is 4.03. The maximum Gasteiger partial charge on any atom is 0.247 e. The van der Waals surface area contributed by atoms with Crippen molar-refractivity contribution in [2.24, 2.45) is 0 Å². The standard InChI is InChI=1S/C16H25NO2/c1-6-12(3)17(13(4)7-2)16(18)11-10-15-9-8-14(5)19-15/h8-13H,6-7H2,1-5H3/b11-10+. The molecule has 1 aromatic heterocycles. The summed E-state index contributed by atoms with van der Waals surface area (Å²) in [5, 5.41) is 0.